The average molecular weight is 276 g/mol. The molecule has 0 saturated heterocycles. The van der Waals surface area contributed by atoms with Crippen molar-refractivity contribution in [3.05, 3.63) is 41.3 Å². The van der Waals surface area contributed by atoms with Gasteiger partial charge >= 0.3 is 0 Å². The molecule has 1 aliphatic carbocycles. The van der Waals surface area contributed by atoms with Crippen LogP contribution in [0.15, 0.2) is 12.1 Å². The van der Waals surface area contributed by atoms with Crippen LogP contribution in [0.3, 0.4) is 0 Å². The maximum absolute atomic E-state index is 11.9. The molecule has 0 heterocycles. The summed E-state index contributed by atoms with van der Waals surface area (Å²) in [5, 5.41) is 0. The van der Waals surface area contributed by atoms with Crippen LogP contribution in [0.5, 0.6) is 0 Å². The third-order valence-corrected chi connectivity index (χ3v) is 3.17. The number of fused-ring (bicyclic) bond motifs is 1. The number of aryl methyl sites for hydroxylation is 2. The molecule has 0 N–H and O–H groups in total. The van der Waals surface area contributed by atoms with Gasteiger partial charge in [0.1, 0.15) is 0 Å². The first-order valence-corrected chi connectivity index (χ1v) is 5.07. The van der Waals surface area contributed by atoms with Crippen LogP contribution < -0.4 is 0 Å². The first-order chi connectivity index (χ1) is 6.63. The maximum Gasteiger partial charge on any atom is 0.163 e. The van der Waals surface area contributed by atoms with E-state index in [2.05, 4.69) is 26.8 Å². The van der Waals surface area contributed by atoms with E-state index < -0.39 is 0 Å². The summed E-state index contributed by atoms with van der Waals surface area (Å²) in [4.78, 5) is 11.9. The van der Waals surface area contributed by atoms with E-state index in [1.807, 2.05) is 6.07 Å². The van der Waals surface area contributed by atoms with E-state index in [9.17, 15) is 4.79 Å². The van der Waals surface area contributed by atoms with Crippen LogP contribution in [0.25, 0.3) is 0 Å². The molecule has 1 aliphatic rings. The standard InChI is InChI=1S/C13H15O.Y/c1-4-10-7-11-5-8(2)9(3)6-12(11)13(10)14;/h5-6,10H,1,4,7H2,2-3H3;/q-1;. The Bertz CT molecular complexity index is 396. The van der Waals surface area contributed by atoms with Crippen molar-refractivity contribution in [3.63, 3.8) is 0 Å². The van der Waals surface area contributed by atoms with Gasteiger partial charge in [0.25, 0.3) is 0 Å². The first kappa shape index (κ1) is 13.1. The summed E-state index contributed by atoms with van der Waals surface area (Å²) in [6.07, 6.45) is 1.60. The molecule has 2 rings (SSSR count). The van der Waals surface area contributed by atoms with Crippen LogP contribution in [0, 0.1) is 26.7 Å². The summed E-state index contributed by atoms with van der Waals surface area (Å²) in [5.74, 6) is 0.421. The van der Waals surface area contributed by atoms with Crippen molar-refractivity contribution in [2.45, 2.75) is 26.7 Å². The molecule has 1 radical (unpaired) electrons. The first-order valence-electron chi connectivity index (χ1n) is 5.07. The van der Waals surface area contributed by atoms with Crippen molar-refractivity contribution in [2.24, 2.45) is 5.92 Å². The van der Waals surface area contributed by atoms with Gasteiger partial charge in [0.2, 0.25) is 0 Å². The Balaban J connectivity index is 0.00000112. The molecule has 1 atom stereocenters. The second-order valence-corrected chi connectivity index (χ2v) is 4.15. The van der Waals surface area contributed by atoms with E-state index in [0.717, 1.165) is 12.0 Å². The molecule has 0 amide bonds. The number of carbonyl (C=O) groups excluding carboxylic acids is 1. The van der Waals surface area contributed by atoms with Crippen LogP contribution in [-0.4, -0.2) is 5.78 Å². The zero-order valence-corrected chi connectivity index (χ0v) is 12.2. The monoisotopic (exact) mass is 276 g/mol. The van der Waals surface area contributed by atoms with E-state index in [0.29, 0.717) is 6.42 Å². The van der Waals surface area contributed by atoms with Gasteiger partial charge in [0.05, 0.1) is 0 Å². The van der Waals surface area contributed by atoms with Crippen molar-refractivity contribution < 1.29 is 37.5 Å². The third-order valence-electron chi connectivity index (χ3n) is 3.17. The molecule has 0 aliphatic heterocycles. The minimum absolute atomic E-state index is 0. The summed E-state index contributed by atoms with van der Waals surface area (Å²) in [6.45, 7) is 7.98. The van der Waals surface area contributed by atoms with Crippen molar-refractivity contribution in [2.75, 3.05) is 0 Å². The number of hydrogen-bond acceptors (Lipinski definition) is 1. The van der Waals surface area contributed by atoms with E-state index in [1.54, 1.807) is 0 Å². The van der Waals surface area contributed by atoms with Crippen LogP contribution in [0.2, 0.25) is 0 Å². The van der Waals surface area contributed by atoms with Crippen LogP contribution in [0.1, 0.15) is 33.5 Å². The average Bonchev–Trinajstić information content (AvgIpc) is 2.45. The Morgan fingerprint density at radius 2 is 1.93 bits per heavy atom. The SMILES string of the molecule is [CH2-]CC1Cc2cc(C)c(C)cc2C1=O.[Y]. The van der Waals surface area contributed by atoms with Gasteiger partial charge in [0, 0.05) is 38.3 Å². The van der Waals surface area contributed by atoms with Crippen LogP contribution in [0.4, 0.5) is 0 Å². The van der Waals surface area contributed by atoms with Gasteiger partial charge in [-0.3, -0.25) is 4.79 Å². The normalized spacial score (nSPS) is 18.6. The number of Topliss-reactive ketones (excluding diaryl/α,β-unsaturated/α-hetero) is 1. The topological polar surface area (TPSA) is 17.1 Å². The molecular formula is C13H15OY-. The van der Waals surface area contributed by atoms with E-state index in [4.69, 9.17) is 0 Å². The van der Waals surface area contributed by atoms with Gasteiger partial charge in [-0.15, -0.1) is 0 Å². The Kier molecular flexibility index (Phi) is 4.25. The van der Waals surface area contributed by atoms with Crippen LogP contribution in [-0.2, 0) is 39.1 Å². The number of hydrogen-bond donors (Lipinski definition) is 0. The maximum atomic E-state index is 11.9. The minimum Gasteiger partial charge on any atom is -0.343 e. The predicted octanol–water partition coefficient (Wildman–Crippen LogP) is 2.88. The van der Waals surface area contributed by atoms with Gasteiger partial charge in [-0.25, -0.2) is 0 Å². The Morgan fingerprint density at radius 1 is 1.33 bits per heavy atom. The summed E-state index contributed by atoms with van der Waals surface area (Å²) in [7, 11) is 0. The molecule has 2 heteroatoms. The van der Waals surface area contributed by atoms with Gasteiger partial charge in [-0.2, -0.15) is 6.42 Å². The number of carbonyl (C=O) groups is 1. The number of rotatable bonds is 1. The Hall–Kier alpha value is -0.00610. The molecule has 0 fully saturated rings. The summed E-state index contributed by atoms with van der Waals surface area (Å²) in [5.41, 5.74) is 4.64. The van der Waals surface area contributed by atoms with E-state index >= 15 is 0 Å². The summed E-state index contributed by atoms with van der Waals surface area (Å²) >= 11 is 0. The Labute approximate surface area is 117 Å². The molecule has 1 nitrogen and oxygen atoms in total. The molecule has 1 aromatic rings. The van der Waals surface area contributed by atoms with Crippen molar-refractivity contribution in [1.82, 2.24) is 0 Å². The predicted molar refractivity (Wildman–Crippen MR) is 57.4 cm³/mol. The summed E-state index contributed by atoms with van der Waals surface area (Å²) in [6, 6.07) is 4.18. The number of benzene rings is 1. The Morgan fingerprint density at radius 3 is 2.53 bits per heavy atom. The van der Waals surface area contributed by atoms with E-state index in [-0.39, 0.29) is 44.4 Å². The quantitative estimate of drug-likeness (QED) is 0.721. The zero-order chi connectivity index (χ0) is 10.3. The molecule has 0 spiro atoms. The fourth-order valence-corrected chi connectivity index (χ4v) is 2.09. The fourth-order valence-electron chi connectivity index (χ4n) is 2.09. The van der Waals surface area contributed by atoms with Gasteiger partial charge < -0.3 is 6.92 Å². The molecule has 77 valence electrons. The van der Waals surface area contributed by atoms with Crippen molar-refractivity contribution >= 4 is 5.78 Å². The molecule has 0 saturated carbocycles. The second-order valence-electron chi connectivity index (χ2n) is 4.15. The van der Waals surface area contributed by atoms with Crippen LogP contribution >= 0.6 is 0 Å². The smallest absolute Gasteiger partial charge is 0.163 e. The van der Waals surface area contributed by atoms with Gasteiger partial charge in [-0.1, -0.05) is 6.07 Å². The summed E-state index contributed by atoms with van der Waals surface area (Å²) < 4.78 is 0. The van der Waals surface area contributed by atoms with Gasteiger partial charge in [-0.05, 0) is 48.9 Å². The largest absolute Gasteiger partial charge is 0.343 e. The molecule has 0 bridgehead atoms. The van der Waals surface area contributed by atoms with Crippen molar-refractivity contribution in [3.8, 4) is 0 Å². The molecule has 1 aromatic carbocycles. The zero-order valence-electron chi connectivity index (χ0n) is 9.34. The van der Waals surface area contributed by atoms with Gasteiger partial charge in [0.15, 0.2) is 5.78 Å². The minimum atomic E-state index is 0. The van der Waals surface area contributed by atoms with E-state index in [1.165, 1.54) is 16.7 Å². The third kappa shape index (κ3) is 2.24. The fraction of sp³-hybridized carbons (Fsp3) is 0.385. The number of ketones is 1. The molecule has 0 aromatic heterocycles. The molecule has 1 unspecified atom stereocenters. The second kappa shape index (κ2) is 4.88. The van der Waals surface area contributed by atoms with Crippen molar-refractivity contribution in [1.29, 1.82) is 0 Å². The molecular weight excluding hydrogens is 261 g/mol. The molecule has 15 heavy (non-hydrogen) atoms.